The maximum atomic E-state index is 13.0. The molecule has 8 heteroatoms. The van der Waals surface area contributed by atoms with Crippen LogP contribution in [0.4, 0.5) is 0 Å². The van der Waals surface area contributed by atoms with Crippen molar-refractivity contribution in [3.63, 3.8) is 0 Å². The van der Waals surface area contributed by atoms with Crippen molar-refractivity contribution in [2.45, 2.75) is 19.6 Å². The average molecular weight is 463 g/mol. The minimum absolute atomic E-state index is 0.00128. The van der Waals surface area contributed by atoms with Gasteiger partial charge in [-0.25, -0.2) is 4.98 Å². The largest absolute Gasteiger partial charge is 0.371 e. The third-order valence-electron chi connectivity index (χ3n) is 6.11. The predicted octanol–water partition coefficient (Wildman–Crippen LogP) is 4.19. The summed E-state index contributed by atoms with van der Waals surface area (Å²) in [6.45, 7) is 4.31. The Kier molecular flexibility index (Phi) is 5.74. The first-order valence-corrected chi connectivity index (χ1v) is 11.8. The lowest BCUT2D eigenvalue weighted by molar-refractivity contribution is -0.0322. The lowest BCUT2D eigenvalue weighted by atomic mass is 10.0. The Balaban J connectivity index is 1.48. The molecule has 4 heterocycles. The molecule has 0 unspecified atom stereocenters. The van der Waals surface area contributed by atoms with Gasteiger partial charge in [-0.2, -0.15) is 0 Å². The molecule has 0 radical (unpaired) electrons. The van der Waals surface area contributed by atoms with Crippen LogP contribution in [-0.2, 0) is 11.3 Å². The number of fused-ring (bicyclic) bond motifs is 2. The predicted molar refractivity (Wildman–Crippen MR) is 130 cm³/mol. The molecule has 33 heavy (non-hydrogen) atoms. The SMILES string of the molecule is CC(=O)n1cc(CN2CCO[C@@H](c3c(C(=O)N(C)C)sc4ncccc34)C2)c2ccccc21. The summed E-state index contributed by atoms with van der Waals surface area (Å²) < 4.78 is 7.92. The highest BCUT2D eigenvalue weighted by Crippen LogP contribution is 2.38. The highest BCUT2D eigenvalue weighted by Gasteiger charge is 2.31. The van der Waals surface area contributed by atoms with Crippen molar-refractivity contribution in [3.05, 3.63) is 64.8 Å². The third-order valence-corrected chi connectivity index (χ3v) is 7.22. The summed E-state index contributed by atoms with van der Waals surface area (Å²) in [4.78, 5) is 35.1. The zero-order valence-corrected chi connectivity index (χ0v) is 19.8. The highest BCUT2D eigenvalue weighted by atomic mass is 32.1. The number of nitrogens with zero attached hydrogens (tertiary/aromatic N) is 4. The van der Waals surface area contributed by atoms with E-state index in [0.717, 1.165) is 38.8 Å². The fourth-order valence-corrected chi connectivity index (χ4v) is 5.75. The molecule has 1 amide bonds. The van der Waals surface area contributed by atoms with Crippen molar-refractivity contribution in [3.8, 4) is 0 Å². The fourth-order valence-electron chi connectivity index (χ4n) is 4.53. The molecule has 1 aliphatic rings. The van der Waals surface area contributed by atoms with Crippen LogP contribution < -0.4 is 0 Å². The third kappa shape index (κ3) is 3.94. The van der Waals surface area contributed by atoms with Crippen molar-refractivity contribution < 1.29 is 14.3 Å². The zero-order valence-electron chi connectivity index (χ0n) is 18.9. The number of morpholine rings is 1. The smallest absolute Gasteiger partial charge is 0.263 e. The molecule has 170 valence electrons. The van der Waals surface area contributed by atoms with Gasteiger partial charge in [0, 0.05) is 69.4 Å². The number of carbonyl (C=O) groups is 2. The zero-order chi connectivity index (χ0) is 23.1. The average Bonchev–Trinajstić information content (AvgIpc) is 3.38. The van der Waals surface area contributed by atoms with Crippen LogP contribution in [-0.4, -0.2) is 65.0 Å². The number of amides is 1. The van der Waals surface area contributed by atoms with Crippen LogP contribution in [0.1, 0.15) is 38.6 Å². The van der Waals surface area contributed by atoms with E-state index in [-0.39, 0.29) is 17.9 Å². The second kappa shape index (κ2) is 8.70. The Labute approximate surface area is 196 Å². The Morgan fingerprint density at radius 1 is 1.18 bits per heavy atom. The number of hydrogen-bond donors (Lipinski definition) is 0. The number of carbonyl (C=O) groups excluding carboxylic acids is 2. The van der Waals surface area contributed by atoms with Gasteiger partial charge in [0.05, 0.1) is 18.2 Å². The standard InChI is InChI=1S/C25H26N4O3S/c1-16(30)29-14-17(18-7-4-5-9-20(18)29)13-28-11-12-32-21(15-28)22-19-8-6-10-26-24(19)33-23(22)25(31)27(2)3/h4-10,14,21H,11-13,15H2,1-3H3/t21-/m1/s1. The summed E-state index contributed by atoms with van der Waals surface area (Å²) >= 11 is 1.43. The first-order valence-electron chi connectivity index (χ1n) is 11.0. The van der Waals surface area contributed by atoms with Gasteiger partial charge in [0.2, 0.25) is 5.91 Å². The summed E-state index contributed by atoms with van der Waals surface area (Å²) in [7, 11) is 3.53. The number of pyridine rings is 1. The molecule has 1 saturated heterocycles. The number of ether oxygens (including phenoxy) is 1. The maximum Gasteiger partial charge on any atom is 0.263 e. The van der Waals surface area contributed by atoms with Crippen LogP contribution in [0.25, 0.3) is 21.1 Å². The Morgan fingerprint density at radius 2 is 1.97 bits per heavy atom. The molecule has 1 atom stereocenters. The highest BCUT2D eigenvalue weighted by molar-refractivity contribution is 7.20. The molecular weight excluding hydrogens is 436 g/mol. The molecule has 1 fully saturated rings. The Morgan fingerprint density at radius 3 is 2.76 bits per heavy atom. The van der Waals surface area contributed by atoms with Crippen LogP contribution in [0.2, 0.25) is 0 Å². The van der Waals surface area contributed by atoms with Crippen molar-refractivity contribution >= 4 is 44.3 Å². The summed E-state index contributed by atoms with van der Waals surface area (Å²) in [6, 6.07) is 11.9. The van der Waals surface area contributed by atoms with Gasteiger partial charge < -0.3 is 9.64 Å². The maximum absolute atomic E-state index is 13.0. The van der Waals surface area contributed by atoms with Crippen molar-refractivity contribution in [1.29, 1.82) is 0 Å². The normalized spacial score (nSPS) is 17.0. The number of para-hydroxylation sites is 1. The van der Waals surface area contributed by atoms with Gasteiger partial charge in [-0.3, -0.25) is 19.1 Å². The molecule has 0 N–H and O–H groups in total. The number of benzene rings is 1. The Hall–Kier alpha value is -3.07. The van der Waals surface area contributed by atoms with Gasteiger partial charge in [-0.15, -0.1) is 11.3 Å². The van der Waals surface area contributed by atoms with Gasteiger partial charge in [-0.1, -0.05) is 24.3 Å². The molecule has 0 aliphatic carbocycles. The molecule has 0 spiro atoms. The van der Waals surface area contributed by atoms with E-state index < -0.39 is 0 Å². The number of aromatic nitrogens is 2. The van der Waals surface area contributed by atoms with Crippen LogP contribution in [0.3, 0.4) is 0 Å². The molecule has 4 aromatic rings. The lowest BCUT2D eigenvalue weighted by Gasteiger charge is -2.33. The second-order valence-corrected chi connectivity index (χ2v) is 9.55. The van der Waals surface area contributed by atoms with E-state index in [4.69, 9.17) is 4.74 Å². The molecule has 1 aromatic carbocycles. The van der Waals surface area contributed by atoms with Crippen LogP contribution in [0, 0.1) is 0 Å². The van der Waals surface area contributed by atoms with Crippen LogP contribution >= 0.6 is 11.3 Å². The molecule has 0 bridgehead atoms. The fraction of sp³-hybridized carbons (Fsp3) is 0.320. The quantitative estimate of drug-likeness (QED) is 0.455. The molecule has 0 saturated carbocycles. The van der Waals surface area contributed by atoms with Gasteiger partial charge in [0.25, 0.3) is 5.91 Å². The number of thiophene rings is 1. The minimum atomic E-state index is -0.225. The van der Waals surface area contributed by atoms with Gasteiger partial charge >= 0.3 is 0 Å². The second-order valence-electron chi connectivity index (χ2n) is 8.56. The van der Waals surface area contributed by atoms with Gasteiger partial charge in [0.1, 0.15) is 9.71 Å². The summed E-state index contributed by atoms with van der Waals surface area (Å²) in [5, 5.41) is 2.07. The molecule has 1 aliphatic heterocycles. The summed E-state index contributed by atoms with van der Waals surface area (Å²) in [6.07, 6.45) is 3.48. The molecule has 5 rings (SSSR count). The summed E-state index contributed by atoms with van der Waals surface area (Å²) in [5.74, 6) is -0.0281. The van der Waals surface area contributed by atoms with Crippen LogP contribution in [0.5, 0.6) is 0 Å². The molecule has 3 aromatic heterocycles. The Bertz CT molecular complexity index is 1360. The monoisotopic (exact) mass is 462 g/mol. The van der Waals surface area contributed by atoms with E-state index in [1.165, 1.54) is 11.3 Å². The van der Waals surface area contributed by atoms with E-state index in [0.29, 0.717) is 24.6 Å². The first kappa shape index (κ1) is 21.8. The molecular formula is C25H26N4O3S. The van der Waals surface area contributed by atoms with E-state index in [1.807, 2.05) is 36.5 Å². The van der Waals surface area contributed by atoms with Crippen molar-refractivity contribution in [2.75, 3.05) is 33.8 Å². The topological polar surface area (TPSA) is 67.7 Å². The first-order chi connectivity index (χ1) is 15.9. The van der Waals surface area contributed by atoms with E-state index in [1.54, 1.807) is 36.7 Å². The van der Waals surface area contributed by atoms with Gasteiger partial charge in [-0.05, 0) is 17.7 Å². The van der Waals surface area contributed by atoms with Crippen molar-refractivity contribution in [1.82, 2.24) is 19.4 Å². The number of rotatable bonds is 4. The van der Waals surface area contributed by atoms with Crippen molar-refractivity contribution in [2.24, 2.45) is 0 Å². The van der Waals surface area contributed by atoms with E-state index in [2.05, 4.69) is 16.0 Å². The number of hydrogen-bond acceptors (Lipinski definition) is 6. The van der Waals surface area contributed by atoms with E-state index >= 15 is 0 Å². The molecule has 7 nitrogen and oxygen atoms in total. The lowest BCUT2D eigenvalue weighted by Crippen LogP contribution is -2.38. The summed E-state index contributed by atoms with van der Waals surface area (Å²) in [5.41, 5.74) is 2.97. The van der Waals surface area contributed by atoms with E-state index in [9.17, 15) is 9.59 Å². The minimum Gasteiger partial charge on any atom is -0.371 e. The van der Waals surface area contributed by atoms with Gasteiger partial charge in [0.15, 0.2) is 0 Å². The van der Waals surface area contributed by atoms with Crippen LogP contribution in [0.15, 0.2) is 48.8 Å².